The van der Waals surface area contributed by atoms with Gasteiger partial charge >= 0.3 is 0 Å². The van der Waals surface area contributed by atoms with Crippen LogP contribution >= 0.6 is 15.9 Å². The number of ether oxygens (including phenoxy) is 1. The number of likely N-dealkylation sites (tertiary alicyclic amines) is 1. The highest BCUT2D eigenvalue weighted by molar-refractivity contribution is 9.10. The van der Waals surface area contributed by atoms with Gasteiger partial charge < -0.3 is 9.64 Å². The number of rotatable bonds is 3. The molecular formula is C16H22BrNO2. The summed E-state index contributed by atoms with van der Waals surface area (Å²) in [5, 5.41) is 0. The third-order valence-corrected chi connectivity index (χ3v) is 4.50. The standard InChI is InChI=1S/C16H22BrNO2/c1-3-13-7-5-4-6-10-18(13)16(19)14-9-8-12(17)11-15(14)20-2/h8-9,11,13H,3-7,10H2,1-2H3. The highest BCUT2D eigenvalue weighted by atomic mass is 79.9. The van der Waals surface area contributed by atoms with Gasteiger partial charge in [-0.05, 0) is 37.5 Å². The predicted molar refractivity (Wildman–Crippen MR) is 84.3 cm³/mol. The van der Waals surface area contributed by atoms with Crippen LogP contribution in [0.1, 0.15) is 49.4 Å². The van der Waals surface area contributed by atoms with Crippen molar-refractivity contribution in [2.75, 3.05) is 13.7 Å². The minimum atomic E-state index is 0.100. The fourth-order valence-corrected chi connectivity index (χ4v) is 3.21. The van der Waals surface area contributed by atoms with Crippen molar-refractivity contribution in [3.63, 3.8) is 0 Å². The van der Waals surface area contributed by atoms with Crippen molar-refractivity contribution in [2.24, 2.45) is 0 Å². The number of amides is 1. The molecule has 0 saturated carbocycles. The number of hydrogen-bond donors (Lipinski definition) is 0. The van der Waals surface area contributed by atoms with Gasteiger partial charge in [0.25, 0.3) is 5.91 Å². The van der Waals surface area contributed by atoms with Gasteiger partial charge in [0.1, 0.15) is 5.75 Å². The Kier molecular flexibility index (Phi) is 5.46. The summed E-state index contributed by atoms with van der Waals surface area (Å²) in [5.41, 5.74) is 0.663. The average molecular weight is 340 g/mol. The molecule has 1 heterocycles. The summed E-state index contributed by atoms with van der Waals surface area (Å²) in [5.74, 6) is 0.742. The predicted octanol–water partition coefficient (Wildman–Crippen LogP) is 4.25. The summed E-state index contributed by atoms with van der Waals surface area (Å²) < 4.78 is 6.29. The Balaban J connectivity index is 2.28. The van der Waals surface area contributed by atoms with Crippen molar-refractivity contribution in [1.29, 1.82) is 0 Å². The van der Waals surface area contributed by atoms with Crippen LogP contribution < -0.4 is 4.74 Å². The lowest BCUT2D eigenvalue weighted by Gasteiger charge is -2.29. The Labute approximate surface area is 129 Å². The van der Waals surface area contributed by atoms with Crippen molar-refractivity contribution >= 4 is 21.8 Å². The van der Waals surface area contributed by atoms with Crippen LogP contribution in [0, 0.1) is 0 Å². The molecule has 0 radical (unpaired) electrons. The molecule has 0 bridgehead atoms. The zero-order valence-electron chi connectivity index (χ0n) is 12.2. The van der Waals surface area contributed by atoms with Crippen LogP contribution in [0.4, 0.5) is 0 Å². The number of carbonyl (C=O) groups is 1. The summed E-state index contributed by atoms with van der Waals surface area (Å²) in [6.45, 7) is 3.02. The molecular weight excluding hydrogens is 318 g/mol. The molecule has 3 nitrogen and oxygen atoms in total. The first-order valence-corrected chi connectivity index (χ1v) is 8.11. The topological polar surface area (TPSA) is 29.5 Å². The molecule has 0 aromatic heterocycles. The summed E-state index contributed by atoms with van der Waals surface area (Å²) >= 11 is 3.42. The van der Waals surface area contributed by atoms with E-state index in [0.29, 0.717) is 17.4 Å². The van der Waals surface area contributed by atoms with E-state index in [9.17, 15) is 4.79 Å². The number of hydrogen-bond acceptors (Lipinski definition) is 2. The molecule has 20 heavy (non-hydrogen) atoms. The Morgan fingerprint density at radius 2 is 2.20 bits per heavy atom. The van der Waals surface area contributed by atoms with Gasteiger partial charge in [0, 0.05) is 17.1 Å². The molecule has 1 fully saturated rings. The number of benzene rings is 1. The van der Waals surface area contributed by atoms with Gasteiger partial charge in [-0.25, -0.2) is 0 Å². The minimum Gasteiger partial charge on any atom is -0.496 e. The van der Waals surface area contributed by atoms with E-state index in [1.165, 1.54) is 12.8 Å². The Hall–Kier alpha value is -1.03. The quantitative estimate of drug-likeness (QED) is 0.823. The van der Waals surface area contributed by atoms with E-state index in [1.54, 1.807) is 7.11 Å². The maximum Gasteiger partial charge on any atom is 0.257 e. The summed E-state index contributed by atoms with van der Waals surface area (Å²) in [4.78, 5) is 14.9. The van der Waals surface area contributed by atoms with E-state index in [4.69, 9.17) is 4.74 Å². The molecule has 1 unspecified atom stereocenters. The first-order chi connectivity index (χ1) is 9.67. The summed E-state index contributed by atoms with van der Waals surface area (Å²) in [6, 6.07) is 5.96. The van der Waals surface area contributed by atoms with Crippen LogP contribution in [-0.2, 0) is 0 Å². The second kappa shape index (κ2) is 7.11. The molecule has 1 saturated heterocycles. The van der Waals surface area contributed by atoms with E-state index in [2.05, 4.69) is 22.9 Å². The lowest BCUT2D eigenvalue weighted by Crippen LogP contribution is -2.39. The van der Waals surface area contributed by atoms with Crippen molar-refractivity contribution in [1.82, 2.24) is 4.90 Å². The smallest absolute Gasteiger partial charge is 0.257 e. The average Bonchev–Trinajstić information content (AvgIpc) is 2.71. The molecule has 1 aromatic carbocycles. The maximum atomic E-state index is 12.8. The SMILES string of the molecule is CCC1CCCCCN1C(=O)c1ccc(Br)cc1OC. The van der Waals surface area contributed by atoms with Crippen molar-refractivity contribution in [3.05, 3.63) is 28.2 Å². The molecule has 0 spiro atoms. The molecule has 2 rings (SSSR count). The van der Waals surface area contributed by atoms with Crippen LogP contribution in [0.3, 0.4) is 0 Å². The van der Waals surface area contributed by atoms with Gasteiger partial charge in [-0.1, -0.05) is 35.7 Å². The molecule has 0 aliphatic carbocycles. The third-order valence-electron chi connectivity index (χ3n) is 4.00. The first-order valence-electron chi connectivity index (χ1n) is 7.32. The van der Waals surface area contributed by atoms with Crippen LogP contribution in [0.2, 0.25) is 0 Å². The molecule has 1 aromatic rings. The fraction of sp³-hybridized carbons (Fsp3) is 0.562. The van der Waals surface area contributed by atoms with Crippen molar-refractivity contribution < 1.29 is 9.53 Å². The van der Waals surface area contributed by atoms with E-state index in [1.807, 2.05) is 23.1 Å². The second-order valence-corrected chi connectivity index (χ2v) is 6.17. The lowest BCUT2D eigenvalue weighted by molar-refractivity contribution is 0.0675. The normalized spacial score (nSPS) is 19.6. The lowest BCUT2D eigenvalue weighted by atomic mass is 10.1. The molecule has 1 aliphatic heterocycles. The maximum absolute atomic E-state index is 12.8. The van der Waals surface area contributed by atoms with Gasteiger partial charge in [0.05, 0.1) is 12.7 Å². The minimum absolute atomic E-state index is 0.100. The number of nitrogens with zero attached hydrogens (tertiary/aromatic N) is 1. The molecule has 110 valence electrons. The van der Waals surface area contributed by atoms with Crippen molar-refractivity contribution in [3.8, 4) is 5.75 Å². The largest absolute Gasteiger partial charge is 0.496 e. The number of carbonyl (C=O) groups excluding carboxylic acids is 1. The van der Waals surface area contributed by atoms with Gasteiger partial charge in [-0.2, -0.15) is 0 Å². The fourth-order valence-electron chi connectivity index (χ4n) is 2.87. The molecule has 1 amide bonds. The number of methoxy groups -OCH3 is 1. The van der Waals surface area contributed by atoms with E-state index < -0.39 is 0 Å². The van der Waals surface area contributed by atoms with Gasteiger partial charge in [-0.3, -0.25) is 4.79 Å². The first kappa shape index (κ1) is 15.4. The Morgan fingerprint density at radius 1 is 1.40 bits per heavy atom. The Morgan fingerprint density at radius 3 is 2.90 bits per heavy atom. The van der Waals surface area contributed by atoms with Crippen LogP contribution in [0.5, 0.6) is 5.75 Å². The molecule has 4 heteroatoms. The highest BCUT2D eigenvalue weighted by Crippen LogP contribution is 2.27. The Bertz CT molecular complexity index is 476. The summed E-state index contributed by atoms with van der Waals surface area (Å²) in [7, 11) is 1.61. The van der Waals surface area contributed by atoms with E-state index in [-0.39, 0.29) is 5.91 Å². The van der Waals surface area contributed by atoms with E-state index in [0.717, 1.165) is 30.3 Å². The van der Waals surface area contributed by atoms with Crippen LogP contribution in [0.25, 0.3) is 0 Å². The third kappa shape index (κ3) is 3.35. The molecule has 1 atom stereocenters. The van der Waals surface area contributed by atoms with Gasteiger partial charge in [-0.15, -0.1) is 0 Å². The van der Waals surface area contributed by atoms with Crippen LogP contribution in [-0.4, -0.2) is 30.5 Å². The number of halogens is 1. The van der Waals surface area contributed by atoms with Crippen molar-refractivity contribution in [2.45, 2.75) is 45.1 Å². The monoisotopic (exact) mass is 339 g/mol. The van der Waals surface area contributed by atoms with E-state index >= 15 is 0 Å². The van der Waals surface area contributed by atoms with Crippen LogP contribution in [0.15, 0.2) is 22.7 Å². The zero-order chi connectivity index (χ0) is 14.5. The molecule has 1 aliphatic rings. The zero-order valence-corrected chi connectivity index (χ0v) is 13.8. The molecule has 0 N–H and O–H groups in total. The van der Waals surface area contributed by atoms with Gasteiger partial charge in [0.15, 0.2) is 0 Å². The summed E-state index contributed by atoms with van der Waals surface area (Å²) in [6.07, 6.45) is 5.67. The second-order valence-electron chi connectivity index (χ2n) is 5.25. The van der Waals surface area contributed by atoms with Gasteiger partial charge in [0.2, 0.25) is 0 Å². The highest BCUT2D eigenvalue weighted by Gasteiger charge is 2.26.